The lowest BCUT2D eigenvalue weighted by Gasteiger charge is -2.06. The van der Waals surface area contributed by atoms with Crippen molar-refractivity contribution in [3.05, 3.63) is 77.0 Å². The first kappa shape index (κ1) is 20.2. The smallest absolute Gasteiger partial charge is 0.338 e. The fourth-order valence-electron chi connectivity index (χ4n) is 2.44. The fourth-order valence-corrected chi connectivity index (χ4v) is 2.61. The van der Waals surface area contributed by atoms with Crippen molar-refractivity contribution in [1.29, 1.82) is 0 Å². The van der Waals surface area contributed by atoms with Gasteiger partial charge in [-0.2, -0.15) is 5.10 Å². The van der Waals surface area contributed by atoms with Crippen molar-refractivity contribution in [3.63, 3.8) is 0 Å². The zero-order chi connectivity index (χ0) is 20.6. The number of benzene rings is 2. The number of carbonyl (C=O) groups is 2. The summed E-state index contributed by atoms with van der Waals surface area (Å²) in [6.45, 7) is -0.171. The van der Waals surface area contributed by atoms with E-state index >= 15 is 0 Å². The van der Waals surface area contributed by atoms with Crippen LogP contribution in [-0.2, 0) is 9.53 Å². The van der Waals surface area contributed by atoms with Gasteiger partial charge in [0.1, 0.15) is 17.3 Å². The van der Waals surface area contributed by atoms with Crippen molar-refractivity contribution in [2.24, 2.45) is 5.10 Å². The summed E-state index contributed by atoms with van der Waals surface area (Å²) in [6.07, 6.45) is 1.34. The van der Waals surface area contributed by atoms with Gasteiger partial charge < -0.3 is 13.9 Å². The molecule has 1 amide bonds. The van der Waals surface area contributed by atoms with Crippen LogP contribution in [0.5, 0.6) is 5.75 Å². The number of esters is 1. The van der Waals surface area contributed by atoms with Crippen LogP contribution in [0.2, 0.25) is 5.02 Å². The fraction of sp³-hybridized carbons (Fsp3) is 0.0952. The van der Waals surface area contributed by atoms with Crippen LogP contribution in [0.1, 0.15) is 16.1 Å². The first-order chi connectivity index (χ1) is 14.1. The molecule has 0 spiro atoms. The average Bonchev–Trinajstić information content (AvgIpc) is 3.21. The van der Waals surface area contributed by atoms with Crippen LogP contribution in [-0.4, -0.2) is 31.8 Å². The highest BCUT2D eigenvalue weighted by Crippen LogP contribution is 2.29. The number of ether oxygens (including phenoxy) is 2. The summed E-state index contributed by atoms with van der Waals surface area (Å²) < 4.78 is 15.8. The SMILES string of the molecule is COC(=O)c1ccc(Cl)cc1-c1ccc(/C=N\NC(=O)COc2ccccc2)o1. The quantitative estimate of drug-likeness (QED) is 0.361. The van der Waals surface area contributed by atoms with Crippen molar-refractivity contribution in [2.45, 2.75) is 0 Å². The van der Waals surface area contributed by atoms with Gasteiger partial charge in [0.05, 0.1) is 18.9 Å². The molecule has 0 aliphatic carbocycles. The van der Waals surface area contributed by atoms with E-state index < -0.39 is 11.9 Å². The third kappa shape index (κ3) is 5.46. The molecule has 0 saturated heterocycles. The minimum atomic E-state index is -0.506. The van der Waals surface area contributed by atoms with E-state index in [2.05, 4.69) is 10.5 Å². The number of nitrogens with zero attached hydrogens (tertiary/aromatic N) is 1. The predicted octanol–water partition coefficient (Wildman–Crippen LogP) is 3.92. The van der Waals surface area contributed by atoms with Gasteiger partial charge in [0.25, 0.3) is 5.91 Å². The summed E-state index contributed by atoms with van der Waals surface area (Å²) in [5, 5.41) is 4.29. The molecule has 3 rings (SSSR count). The second-order valence-corrected chi connectivity index (χ2v) is 6.21. The number of hydrogen-bond acceptors (Lipinski definition) is 6. The molecule has 0 aliphatic heterocycles. The zero-order valence-corrected chi connectivity index (χ0v) is 16.2. The predicted molar refractivity (Wildman–Crippen MR) is 108 cm³/mol. The Bertz CT molecular complexity index is 1030. The summed E-state index contributed by atoms with van der Waals surface area (Å²) in [6, 6.07) is 17.0. The number of rotatable bonds is 7. The average molecular weight is 413 g/mol. The van der Waals surface area contributed by atoms with Crippen LogP contribution < -0.4 is 10.2 Å². The van der Waals surface area contributed by atoms with E-state index in [1.807, 2.05) is 18.2 Å². The molecule has 7 nitrogen and oxygen atoms in total. The van der Waals surface area contributed by atoms with Gasteiger partial charge in [-0.3, -0.25) is 4.79 Å². The Labute approximate surface area is 171 Å². The van der Waals surface area contributed by atoms with E-state index in [0.717, 1.165) is 0 Å². The highest BCUT2D eigenvalue weighted by atomic mass is 35.5. The number of furan rings is 1. The van der Waals surface area contributed by atoms with E-state index in [9.17, 15) is 9.59 Å². The first-order valence-corrected chi connectivity index (χ1v) is 8.92. The normalized spacial score (nSPS) is 10.7. The van der Waals surface area contributed by atoms with Crippen LogP contribution in [0, 0.1) is 0 Å². The van der Waals surface area contributed by atoms with Crippen LogP contribution in [0.25, 0.3) is 11.3 Å². The van der Waals surface area contributed by atoms with Gasteiger partial charge >= 0.3 is 5.97 Å². The van der Waals surface area contributed by atoms with E-state index in [1.165, 1.54) is 13.3 Å². The zero-order valence-electron chi connectivity index (χ0n) is 15.4. The number of nitrogens with one attached hydrogen (secondary N) is 1. The molecule has 8 heteroatoms. The van der Waals surface area contributed by atoms with Crippen molar-refractivity contribution in [3.8, 4) is 17.1 Å². The molecule has 0 unspecified atom stereocenters. The van der Waals surface area contributed by atoms with E-state index in [-0.39, 0.29) is 6.61 Å². The molecule has 29 heavy (non-hydrogen) atoms. The van der Waals surface area contributed by atoms with Gasteiger partial charge in [-0.15, -0.1) is 0 Å². The number of carbonyl (C=O) groups excluding carboxylic acids is 2. The summed E-state index contributed by atoms with van der Waals surface area (Å²) >= 11 is 6.03. The Morgan fingerprint density at radius 2 is 1.93 bits per heavy atom. The second kappa shape index (κ2) is 9.57. The van der Waals surface area contributed by atoms with Crippen molar-refractivity contribution >= 4 is 29.7 Å². The molecule has 1 heterocycles. The molecule has 1 aromatic heterocycles. The number of halogens is 1. The topological polar surface area (TPSA) is 90.1 Å². The monoisotopic (exact) mass is 412 g/mol. The van der Waals surface area contributed by atoms with Gasteiger partial charge in [-0.25, -0.2) is 10.2 Å². The van der Waals surface area contributed by atoms with Crippen molar-refractivity contribution in [1.82, 2.24) is 5.43 Å². The third-order valence-electron chi connectivity index (χ3n) is 3.77. The molecule has 0 aliphatic rings. The molecule has 3 aromatic rings. The number of hydrazone groups is 1. The molecule has 0 atom stereocenters. The van der Waals surface area contributed by atoms with Crippen LogP contribution in [0.15, 0.2) is 70.2 Å². The molecule has 2 aromatic carbocycles. The summed E-state index contributed by atoms with van der Waals surface area (Å²) in [7, 11) is 1.30. The Balaban J connectivity index is 1.62. The minimum Gasteiger partial charge on any atom is -0.484 e. The standard InChI is InChI=1S/C21H17ClN2O5/c1-27-21(26)17-9-7-14(22)11-18(17)19-10-8-16(29-19)12-23-24-20(25)13-28-15-5-3-2-4-6-15/h2-12H,13H2,1H3,(H,24,25)/b23-12-. The molecule has 0 fully saturated rings. The molecular formula is C21H17ClN2O5. The minimum absolute atomic E-state index is 0.171. The maximum Gasteiger partial charge on any atom is 0.338 e. The number of hydrogen-bond donors (Lipinski definition) is 1. The Morgan fingerprint density at radius 1 is 1.14 bits per heavy atom. The lowest BCUT2D eigenvalue weighted by molar-refractivity contribution is -0.123. The van der Waals surface area contributed by atoms with E-state index in [1.54, 1.807) is 42.5 Å². The maximum absolute atomic E-state index is 11.9. The lowest BCUT2D eigenvalue weighted by Crippen LogP contribution is -2.24. The molecule has 1 N–H and O–H groups in total. The summed E-state index contributed by atoms with van der Waals surface area (Å²) in [5.41, 5.74) is 3.16. The summed E-state index contributed by atoms with van der Waals surface area (Å²) in [4.78, 5) is 23.7. The largest absolute Gasteiger partial charge is 0.484 e. The number of para-hydroxylation sites is 1. The van der Waals surface area contributed by atoms with Crippen LogP contribution >= 0.6 is 11.6 Å². The Hall–Kier alpha value is -3.58. The summed E-state index contributed by atoms with van der Waals surface area (Å²) in [5.74, 6) is 0.451. The van der Waals surface area contributed by atoms with Gasteiger partial charge in [-0.05, 0) is 42.5 Å². The van der Waals surface area contributed by atoms with Gasteiger partial charge in [0.15, 0.2) is 6.61 Å². The molecular weight excluding hydrogens is 396 g/mol. The highest BCUT2D eigenvalue weighted by molar-refractivity contribution is 6.31. The number of amides is 1. The molecule has 0 radical (unpaired) electrons. The first-order valence-electron chi connectivity index (χ1n) is 8.54. The van der Waals surface area contributed by atoms with Gasteiger partial charge in [0.2, 0.25) is 0 Å². The molecule has 148 valence electrons. The second-order valence-electron chi connectivity index (χ2n) is 5.78. The van der Waals surface area contributed by atoms with Crippen LogP contribution in [0.4, 0.5) is 0 Å². The van der Waals surface area contributed by atoms with Crippen LogP contribution in [0.3, 0.4) is 0 Å². The molecule has 0 bridgehead atoms. The lowest BCUT2D eigenvalue weighted by atomic mass is 10.1. The van der Waals surface area contributed by atoms with Crippen molar-refractivity contribution in [2.75, 3.05) is 13.7 Å². The number of methoxy groups -OCH3 is 1. The highest BCUT2D eigenvalue weighted by Gasteiger charge is 2.16. The Kier molecular flexibility index (Phi) is 6.65. The third-order valence-corrected chi connectivity index (χ3v) is 4.01. The Morgan fingerprint density at radius 3 is 2.69 bits per heavy atom. The maximum atomic E-state index is 11.9. The van der Waals surface area contributed by atoms with E-state index in [4.69, 9.17) is 25.5 Å². The van der Waals surface area contributed by atoms with E-state index in [0.29, 0.717) is 33.4 Å². The van der Waals surface area contributed by atoms with Gasteiger partial charge in [-0.1, -0.05) is 29.8 Å². The van der Waals surface area contributed by atoms with Gasteiger partial charge in [0, 0.05) is 10.6 Å². The molecule has 0 saturated carbocycles. The van der Waals surface area contributed by atoms with Crippen molar-refractivity contribution < 1.29 is 23.5 Å².